The van der Waals surface area contributed by atoms with E-state index in [0.29, 0.717) is 0 Å². The highest BCUT2D eigenvalue weighted by Crippen LogP contribution is 2.11. The highest BCUT2D eigenvalue weighted by molar-refractivity contribution is 14.1. The van der Waals surface area contributed by atoms with Crippen LogP contribution in [0.2, 0.25) is 0 Å². The fourth-order valence-electron chi connectivity index (χ4n) is 1.73. The van der Waals surface area contributed by atoms with Crippen molar-refractivity contribution >= 4 is 32.1 Å². The van der Waals surface area contributed by atoms with Gasteiger partial charge in [-0.1, -0.05) is 0 Å². The Labute approximate surface area is 103 Å². The molecule has 0 atom stereocenters. The fourth-order valence-corrected chi connectivity index (χ4v) is 2.57. The molecular weight excluding hydrogens is 302 g/mol. The van der Waals surface area contributed by atoms with Crippen molar-refractivity contribution in [2.24, 2.45) is 14.1 Å². The molecule has 0 unspecified atom stereocenters. The minimum atomic E-state index is -1.82. The average molecular weight is 314 g/mol. The summed E-state index contributed by atoms with van der Waals surface area (Å²) in [5.74, 6) is 4.23. The Kier molecular flexibility index (Phi) is 3.10. The van der Waals surface area contributed by atoms with E-state index in [4.69, 9.17) is 10.5 Å². The van der Waals surface area contributed by atoms with E-state index in [2.05, 4.69) is 11.9 Å². The van der Waals surface area contributed by atoms with E-state index in [1.54, 1.807) is 0 Å². The lowest BCUT2D eigenvalue weighted by molar-refractivity contribution is -0.659. The van der Waals surface area contributed by atoms with E-state index >= 15 is 0 Å². The molecule has 0 radical (unpaired) electrons. The highest BCUT2D eigenvalue weighted by Gasteiger charge is 2.36. The van der Waals surface area contributed by atoms with Crippen molar-refractivity contribution < 1.29 is 4.57 Å². The van der Waals surface area contributed by atoms with E-state index in [9.17, 15) is 0 Å². The zero-order valence-corrected chi connectivity index (χ0v) is 11.4. The van der Waals surface area contributed by atoms with Crippen LogP contribution in [-0.2, 0) is 14.1 Å². The molecule has 1 aromatic heterocycles. The van der Waals surface area contributed by atoms with E-state index in [0.717, 1.165) is 17.1 Å². The molecule has 0 N–H and O–H groups in total. The lowest BCUT2D eigenvalue weighted by Crippen LogP contribution is -2.61. The van der Waals surface area contributed by atoms with E-state index < -0.39 is 4.00 Å². The Balaban J connectivity index is 3.61. The standard InChI is InChI=1S/C9H12BIN4/c1-7-8(2)15(4)9(14(7)3)10(11,5-12)6-13/h1-4H3. The second-order valence-electron chi connectivity index (χ2n) is 3.67. The molecule has 0 aliphatic rings. The smallest absolute Gasteiger partial charge is 0.299 e. The van der Waals surface area contributed by atoms with Crippen molar-refractivity contribution in [3.05, 3.63) is 11.4 Å². The van der Waals surface area contributed by atoms with Crippen molar-refractivity contribution in [2.75, 3.05) is 0 Å². The molecule has 0 fully saturated rings. The van der Waals surface area contributed by atoms with Crippen LogP contribution in [0.5, 0.6) is 0 Å². The molecule has 1 heterocycles. The Hall–Kier alpha value is -1.02. The first kappa shape index (κ1) is 12.1. The summed E-state index contributed by atoms with van der Waals surface area (Å²) in [4.78, 5) is 0. The third kappa shape index (κ3) is 1.63. The van der Waals surface area contributed by atoms with Crippen molar-refractivity contribution in [3.63, 3.8) is 0 Å². The van der Waals surface area contributed by atoms with Crippen molar-refractivity contribution in [1.82, 2.24) is 4.57 Å². The van der Waals surface area contributed by atoms with E-state index in [1.807, 2.05) is 59.5 Å². The summed E-state index contributed by atoms with van der Waals surface area (Å²) in [5.41, 5.74) is 2.94. The Bertz CT molecular complexity index is 452. The predicted octanol–water partition coefficient (Wildman–Crippen LogP) is 0.179. The molecular formula is C9H12BIN4. The molecule has 0 spiro atoms. The molecule has 4 nitrogen and oxygen atoms in total. The maximum Gasteiger partial charge on any atom is 0.368 e. The van der Waals surface area contributed by atoms with Crippen LogP contribution in [0.1, 0.15) is 11.4 Å². The van der Waals surface area contributed by atoms with Crippen LogP contribution in [-0.4, -0.2) is 8.57 Å². The van der Waals surface area contributed by atoms with Gasteiger partial charge in [-0.2, -0.15) is 0 Å². The minimum Gasteiger partial charge on any atom is -0.299 e. The molecule has 15 heavy (non-hydrogen) atoms. The number of imidazole rings is 1. The van der Waals surface area contributed by atoms with E-state index in [-0.39, 0.29) is 0 Å². The van der Waals surface area contributed by atoms with Gasteiger partial charge in [0.1, 0.15) is 17.1 Å². The fraction of sp³-hybridized carbons (Fsp3) is 0.444. The maximum absolute atomic E-state index is 9.11. The lowest BCUT2D eigenvalue weighted by Gasteiger charge is -2.14. The van der Waals surface area contributed by atoms with Gasteiger partial charge in [0.15, 0.2) is 0 Å². The maximum atomic E-state index is 9.11. The molecule has 0 aliphatic carbocycles. The molecule has 0 amide bonds. The number of nitriles is 2. The third-order valence-electron chi connectivity index (χ3n) is 2.93. The molecule has 0 saturated heterocycles. The number of aromatic nitrogens is 2. The summed E-state index contributed by atoms with van der Waals surface area (Å²) >= 11 is 1.95. The topological polar surface area (TPSA) is 56.4 Å². The van der Waals surface area contributed by atoms with Gasteiger partial charge in [0.05, 0.1) is 14.1 Å². The van der Waals surface area contributed by atoms with Crippen LogP contribution in [0, 0.1) is 36.3 Å². The third-order valence-corrected chi connectivity index (χ3v) is 4.04. The Morgan fingerprint density at radius 1 is 1.33 bits per heavy atom. The van der Waals surface area contributed by atoms with Gasteiger partial charge >= 0.3 is 4.00 Å². The van der Waals surface area contributed by atoms with Gasteiger partial charge in [-0.25, -0.2) is 10.5 Å². The lowest BCUT2D eigenvalue weighted by atomic mass is 9.51. The SMILES string of the molecule is Cc1c(C)[n+](C)c([B-](I)(C#N)C#N)n1C. The van der Waals surface area contributed by atoms with Crippen molar-refractivity contribution in [2.45, 2.75) is 13.8 Å². The number of hydrogen-bond acceptors (Lipinski definition) is 2. The van der Waals surface area contributed by atoms with Crippen molar-refractivity contribution in [1.29, 1.82) is 10.5 Å². The quantitative estimate of drug-likeness (QED) is 0.422. The second kappa shape index (κ2) is 3.86. The Morgan fingerprint density at radius 2 is 1.80 bits per heavy atom. The normalized spacial score (nSPS) is 10.9. The summed E-state index contributed by atoms with van der Waals surface area (Å²) in [6.07, 6.45) is 0. The van der Waals surface area contributed by atoms with Gasteiger partial charge < -0.3 is 0 Å². The van der Waals surface area contributed by atoms with E-state index in [1.165, 1.54) is 0 Å². The highest BCUT2D eigenvalue weighted by atomic mass is 127. The number of rotatable bonds is 1. The van der Waals surface area contributed by atoms with Crippen LogP contribution in [0.3, 0.4) is 0 Å². The molecule has 1 aromatic rings. The van der Waals surface area contributed by atoms with Crippen molar-refractivity contribution in [3.8, 4) is 11.9 Å². The first-order valence-corrected chi connectivity index (χ1v) is 5.82. The van der Waals surface area contributed by atoms with Crippen LogP contribution >= 0.6 is 22.4 Å². The molecule has 0 aromatic carbocycles. The number of hydrogen-bond donors (Lipinski definition) is 0. The molecule has 0 aliphatic heterocycles. The summed E-state index contributed by atoms with van der Waals surface area (Å²) in [6.45, 7) is 3.97. The number of nitrogens with zero attached hydrogens (tertiary/aromatic N) is 4. The van der Waals surface area contributed by atoms with Gasteiger partial charge in [-0.05, 0) is 0 Å². The summed E-state index contributed by atoms with van der Waals surface area (Å²) in [7, 11) is 3.78. The van der Waals surface area contributed by atoms with Crippen LogP contribution in [0.25, 0.3) is 0 Å². The second-order valence-corrected chi connectivity index (χ2v) is 5.53. The van der Waals surface area contributed by atoms with Crippen LogP contribution < -0.4 is 10.3 Å². The molecule has 0 saturated carbocycles. The Morgan fingerprint density at radius 3 is 2.07 bits per heavy atom. The van der Waals surface area contributed by atoms with Gasteiger partial charge in [0.2, 0.25) is 0 Å². The first-order chi connectivity index (χ1) is 6.89. The molecule has 6 heteroatoms. The van der Waals surface area contributed by atoms with Gasteiger partial charge in [-0.15, -0.1) is 11.9 Å². The summed E-state index contributed by atoms with van der Waals surface area (Å²) in [5, 5.41) is 18.2. The molecule has 78 valence electrons. The summed E-state index contributed by atoms with van der Waals surface area (Å²) in [6, 6.07) is 0. The molecule has 1 rings (SSSR count). The zero-order valence-electron chi connectivity index (χ0n) is 9.24. The van der Waals surface area contributed by atoms with Gasteiger partial charge in [0, 0.05) is 13.8 Å². The van der Waals surface area contributed by atoms with Gasteiger partial charge in [0.25, 0.3) is 0 Å². The number of halogens is 1. The zero-order chi connectivity index (χ0) is 11.8. The first-order valence-electron chi connectivity index (χ1n) is 4.57. The predicted molar refractivity (Wildman–Crippen MR) is 66.7 cm³/mol. The van der Waals surface area contributed by atoms with Gasteiger partial charge in [-0.3, -0.25) is 31.5 Å². The molecule has 0 bridgehead atoms. The van der Waals surface area contributed by atoms with Crippen LogP contribution in [0.15, 0.2) is 0 Å². The minimum absolute atomic E-state index is 0.774. The largest absolute Gasteiger partial charge is 0.368 e. The monoisotopic (exact) mass is 314 g/mol. The van der Waals surface area contributed by atoms with Crippen LogP contribution in [0.4, 0.5) is 0 Å². The average Bonchev–Trinajstić information content (AvgIpc) is 2.43. The summed E-state index contributed by atoms with van der Waals surface area (Å²) < 4.78 is 2.03.